The van der Waals surface area contributed by atoms with Crippen LogP contribution in [0.25, 0.3) is 21.6 Å². The summed E-state index contributed by atoms with van der Waals surface area (Å²) in [7, 11) is 0. The van der Waals surface area contributed by atoms with Crippen LogP contribution in [-0.2, 0) is 12.8 Å². The van der Waals surface area contributed by atoms with Crippen LogP contribution in [0.15, 0.2) is 24.5 Å². The van der Waals surface area contributed by atoms with E-state index < -0.39 is 0 Å². The van der Waals surface area contributed by atoms with Crippen molar-refractivity contribution < 1.29 is 0 Å². The number of aromatic nitrogens is 3. The molecule has 3 aromatic heterocycles. The Morgan fingerprint density at radius 2 is 1.96 bits per heavy atom. The van der Waals surface area contributed by atoms with E-state index in [0.29, 0.717) is 6.54 Å². The minimum Gasteiger partial charge on any atom is -0.368 e. The average molecular weight is 353 g/mol. The highest BCUT2D eigenvalue weighted by Gasteiger charge is 2.20. The van der Waals surface area contributed by atoms with Crippen LogP contribution in [0.3, 0.4) is 0 Å². The van der Waals surface area contributed by atoms with Crippen molar-refractivity contribution in [2.45, 2.75) is 45.1 Å². The van der Waals surface area contributed by atoms with Crippen LogP contribution in [0.5, 0.6) is 0 Å². The second-order valence-corrected chi connectivity index (χ2v) is 7.82. The zero-order valence-electron chi connectivity index (χ0n) is 14.5. The molecular weight excluding hydrogens is 330 g/mol. The van der Waals surface area contributed by atoms with E-state index in [4.69, 9.17) is 15.7 Å². The summed E-state index contributed by atoms with van der Waals surface area (Å²) in [6, 6.07) is 3.98. The van der Waals surface area contributed by atoms with Crippen LogP contribution in [0.1, 0.15) is 36.6 Å². The molecule has 1 atom stereocenters. The Morgan fingerprint density at radius 1 is 1.16 bits per heavy atom. The molecule has 1 aliphatic carbocycles. The second kappa shape index (κ2) is 7.06. The molecule has 0 aliphatic heterocycles. The van der Waals surface area contributed by atoms with Crippen molar-refractivity contribution in [3.63, 3.8) is 0 Å². The van der Waals surface area contributed by atoms with Crippen molar-refractivity contribution in [2.75, 3.05) is 11.9 Å². The monoisotopic (exact) mass is 353 g/mol. The first-order chi connectivity index (χ1) is 12.2. The van der Waals surface area contributed by atoms with Gasteiger partial charge in [0.05, 0.1) is 5.39 Å². The number of thiophene rings is 1. The first-order valence-electron chi connectivity index (χ1n) is 8.94. The molecule has 0 amide bonds. The summed E-state index contributed by atoms with van der Waals surface area (Å²) in [5, 5.41) is 4.68. The van der Waals surface area contributed by atoms with Crippen molar-refractivity contribution >= 4 is 27.4 Å². The molecule has 3 aromatic rings. The second-order valence-electron chi connectivity index (χ2n) is 6.73. The number of anilines is 1. The highest BCUT2D eigenvalue weighted by molar-refractivity contribution is 7.19. The van der Waals surface area contributed by atoms with Gasteiger partial charge in [-0.2, -0.15) is 0 Å². The van der Waals surface area contributed by atoms with Gasteiger partial charge in [-0.05, 0) is 50.3 Å². The summed E-state index contributed by atoms with van der Waals surface area (Å²) in [6.07, 6.45) is 9.67. The molecule has 0 aromatic carbocycles. The van der Waals surface area contributed by atoms with Gasteiger partial charge < -0.3 is 11.1 Å². The number of fused-ring (bicyclic) bond motifs is 3. The largest absolute Gasteiger partial charge is 0.368 e. The van der Waals surface area contributed by atoms with Crippen LogP contribution in [0, 0.1) is 0 Å². The first kappa shape index (κ1) is 16.4. The Hall–Kier alpha value is -2.05. The maximum absolute atomic E-state index is 5.96. The lowest BCUT2D eigenvalue weighted by atomic mass is 10.1. The Morgan fingerprint density at radius 3 is 2.76 bits per heavy atom. The minimum absolute atomic E-state index is 0.0756. The number of aryl methyl sites for hydroxylation is 2. The van der Waals surface area contributed by atoms with Crippen LogP contribution < -0.4 is 11.1 Å². The first-order valence-corrected chi connectivity index (χ1v) is 9.76. The number of hydrogen-bond donors (Lipinski definition) is 2. The van der Waals surface area contributed by atoms with Gasteiger partial charge in [0.1, 0.15) is 10.6 Å². The Labute approximate surface area is 151 Å². The Balaban J connectivity index is 1.87. The van der Waals surface area contributed by atoms with Crippen LogP contribution in [0.4, 0.5) is 5.82 Å². The van der Waals surface area contributed by atoms with Crippen LogP contribution in [0.2, 0.25) is 0 Å². The summed E-state index contributed by atoms with van der Waals surface area (Å²) >= 11 is 1.83. The van der Waals surface area contributed by atoms with Crippen molar-refractivity contribution in [3.05, 3.63) is 35.0 Å². The van der Waals surface area contributed by atoms with Crippen LogP contribution in [-0.4, -0.2) is 27.5 Å². The van der Waals surface area contributed by atoms with E-state index in [0.717, 1.165) is 34.9 Å². The lowest BCUT2D eigenvalue weighted by Crippen LogP contribution is -2.25. The number of nitrogens with two attached hydrogens (primary N) is 1. The SMILES string of the molecule is C[C@@H](N)CNc1nc(-c2ccncc2)nc2sc3c(c12)CCCCC3. The lowest BCUT2D eigenvalue weighted by Gasteiger charge is -2.12. The molecule has 0 saturated heterocycles. The number of rotatable bonds is 4. The molecule has 6 heteroatoms. The predicted molar refractivity (Wildman–Crippen MR) is 104 cm³/mol. The quantitative estimate of drug-likeness (QED) is 0.698. The number of hydrogen-bond acceptors (Lipinski definition) is 6. The van der Waals surface area contributed by atoms with Crippen molar-refractivity contribution in [1.82, 2.24) is 15.0 Å². The number of nitrogens with one attached hydrogen (secondary N) is 1. The van der Waals surface area contributed by atoms with Crippen LogP contribution >= 0.6 is 11.3 Å². The van der Waals surface area contributed by atoms with E-state index in [1.54, 1.807) is 12.4 Å². The zero-order valence-corrected chi connectivity index (χ0v) is 15.3. The van der Waals surface area contributed by atoms with Gasteiger partial charge in [0.15, 0.2) is 5.82 Å². The van der Waals surface area contributed by atoms with Crippen molar-refractivity contribution in [1.29, 1.82) is 0 Å². The fraction of sp³-hybridized carbons (Fsp3) is 0.421. The van der Waals surface area contributed by atoms with Gasteiger partial charge in [-0.25, -0.2) is 9.97 Å². The third kappa shape index (κ3) is 3.37. The normalized spacial score (nSPS) is 15.6. The fourth-order valence-corrected chi connectivity index (χ4v) is 4.61. The van der Waals surface area contributed by atoms with E-state index in [9.17, 15) is 0 Å². The average Bonchev–Trinajstić information content (AvgIpc) is 2.81. The smallest absolute Gasteiger partial charge is 0.163 e. The Bertz CT molecular complexity index is 872. The molecule has 5 nitrogen and oxygen atoms in total. The standard InChI is InChI=1S/C19H23N5S/c1-12(20)11-22-18-16-14-5-3-2-4-6-15(14)25-19(16)24-17(23-18)13-7-9-21-10-8-13/h7-10,12H,2-6,11,20H2,1H3,(H,22,23,24)/t12-/m1/s1. The van der Waals surface area contributed by atoms with Crippen molar-refractivity contribution in [2.24, 2.45) is 5.73 Å². The third-order valence-corrected chi connectivity index (χ3v) is 5.78. The van der Waals surface area contributed by atoms with Gasteiger partial charge in [-0.3, -0.25) is 4.98 Å². The van der Waals surface area contributed by atoms with E-state index in [1.165, 1.54) is 35.1 Å². The molecule has 0 saturated carbocycles. The molecule has 0 spiro atoms. The highest BCUT2D eigenvalue weighted by atomic mass is 32.1. The molecule has 4 rings (SSSR count). The molecule has 130 valence electrons. The molecule has 0 unspecified atom stereocenters. The summed E-state index contributed by atoms with van der Waals surface area (Å²) in [4.78, 5) is 16.4. The van der Waals surface area contributed by atoms with E-state index in [1.807, 2.05) is 30.4 Å². The highest BCUT2D eigenvalue weighted by Crippen LogP contribution is 2.39. The molecule has 25 heavy (non-hydrogen) atoms. The molecule has 0 fully saturated rings. The summed E-state index contributed by atoms with van der Waals surface area (Å²) in [6.45, 7) is 2.70. The summed E-state index contributed by atoms with van der Waals surface area (Å²) < 4.78 is 0. The van der Waals surface area contributed by atoms with Crippen molar-refractivity contribution in [3.8, 4) is 11.4 Å². The van der Waals surface area contributed by atoms with E-state index in [-0.39, 0.29) is 6.04 Å². The molecule has 0 bridgehead atoms. The molecular formula is C19H23N5S. The maximum atomic E-state index is 5.96. The van der Waals surface area contributed by atoms with E-state index >= 15 is 0 Å². The van der Waals surface area contributed by atoms with E-state index in [2.05, 4.69) is 10.3 Å². The molecule has 3 heterocycles. The van der Waals surface area contributed by atoms with Gasteiger partial charge in [-0.1, -0.05) is 6.42 Å². The summed E-state index contributed by atoms with van der Waals surface area (Å²) in [5.74, 6) is 1.67. The van der Waals surface area contributed by atoms with Gasteiger partial charge in [-0.15, -0.1) is 11.3 Å². The number of nitrogens with zero attached hydrogens (tertiary/aromatic N) is 3. The summed E-state index contributed by atoms with van der Waals surface area (Å²) in [5.41, 5.74) is 8.40. The van der Waals surface area contributed by atoms with Gasteiger partial charge in [0, 0.05) is 35.4 Å². The molecule has 1 aliphatic rings. The Kier molecular flexibility index (Phi) is 4.63. The molecule has 3 N–H and O–H groups in total. The fourth-order valence-electron chi connectivity index (χ4n) is 3.35. The van der Waals surface area contributed by atoms with Gasteiger partial charge in [0.2, 0.25) is 0 Å². The van der Waals surface area contributed by atoms with Gasteiger partial charge >= 0.3 is 0 Å². The zero-order chi connectivity index (χ0) is 17.2. The lowest BCUT2D eigenvalue weighted by molar-refractivity contribution is 0.713. The number of pyridine rings is 1. The van der Waals surface area contributed by atoms with Gasteiger partial charge in [0.25, 0.3) is 0 Å². The molecule has 0 radical (unpaired) electrons. The predicted octanol–water partition coefficient (Wildman–Crippen LogP) is 3.78. The minimum atomic E-state index is 0.0756. The maximum Gasteiger partial charge on any atom is 0.163 e. The third-order valence-electron chi connectivity index (χ3n) is 4.59. The topological polar surface area (TPSA) is 76.7 Å².